The number of ether oxygens (including phenoxy) is 1. The molecule has 2 unspecified atom stereocenters. The second-order valence-corrected chi connectivity index (χ2v) is 6.90. The zero-order valence-electron chi connectivity index (χ0n) is 15.8. The van der Waals surface area contributed by atoms with Crippen LogP contribution in [0.4, 0.5) is 17.3 Å². The first kappa shape index (κ1) is 18.9. The Balaban J connectivity index is 1.48. The Hall–Kier alpha value is -3.43. The number of nitrogen functional groups attached to an aromatic ring is 1. The number of hydrogen-bond donors (Lipinski definition) is 4. The number of aromatic amines is 1. The molecule has 1 fully saturated rings. The molecule has 29 heavy (non-hydrogen) atoms. The maximum atomic E-state index is 12.8. The lowest BCUT2D eigenvalue weighted by molar-refractivity contribution is -0.150. The van der Waals surface area contributed by atoms with Crippen LogP contribution in [0.3, 0.4) is 0 Å². The molecule has 1 aromatic heterocycles. The average molecular weight is 395 g/mol. The van der Waals surface area contributed by atoms with Gasteiger partial charge in [0.2, 0.25) is 0 Å². The lowest BCUT2D eigenvalue weighted by Gasteiger charge is -2.34. The van der Waals surface area contributed by atoms with Gasteiger partial charge in [0.25, 0.3) is 11.8 Å². The van der Waals surface area contributed by atoms with Crippen molar-refractivity contribution < 1.29 is 19.4 Å². The van der Waals surface area contributed by atoms with Crippen LogP contribution in [0.2, 0.25) is 0 Å². The summed E-state index contributed by atoms with van der Waals surface area (Å²) in [7, 11) is 0. The van der Waals surface area contributed by atoms with Crippen LogP contribution in [-0.2, 0) is 14.3 Å². The molecule has 2 aromatic carbocycles. The fourth-order valence-electron chi connectivity index (χ4n) is 3.27. The van der Waals surface area contributed by atoms with Crippen molar-refractivity contribution in [2.75, 3.05) is 29.1 Å². The van der Waals surface area contributed by atoms with Crippen LogP contribution in [0.15, 0.2) is 42.5 Å². The predicted octanol–water partition coefficient (Wildman–Crippen LogP) is 1.18. The van der Waals surface area contributed by atoms with Crippen LogP contribution >= 0.6 is 0 Å². The summed E-state index contributed by atoms with van der Waals surface area (Å²) in [6.45, 7) is 2.52. The van der Waals surface area contributed by atoms with Crippen LogP contribution < -0.4 is 16.0 Å². The number of aryl methyl sites for hydroxylation is 1. The minimum absolute atomic E-state index is 0.215. The highest BCUT2D eigenvalue weighted by atomic mass is 16.5. The molecule has 2 amide bonds. The number of carbonyl (C=O) groups is 2. The molecule has 2 atom stereocenters. The van der Waals surface area contributed by atoms with Gasteiger partial charge in [-0.05, 0) is 37.3 Å². The van der Waals surface area contributed by atoms with E-state index >= 15 is 0 Å². The molecule has 5 N–H and O–H groups in total. The zero-order valence-corrected chi connectivity index (χ0v) is 15.8. The summed E-state index contributed by atoms with van der Waals surface area (Å²) in [5, 5.41) is 13.1. The normalized spacial score (nSPS) is 18.1. The van der Waals surface area contributed by atoms with Crippen molar-refractivity contribution >= 4 is 40.2 Å². The van der Waals surface area contributed by atoms with Gasteiger partial charge in [-0.25, -0.2) is 4.98 Å². The average Bonchev–Trinajstić information content (AvgIpc) is 3.07. The number of carbonyl (C=O) groups excluding carboxylic acids is 2. The summed E-state index contributed by atoms with van der Waals surface area (Å²) in [5.41, 5.74) is 9.11. The summed E-state index contributed by atoms with van der Waals surface area (Å²) in [6, 6.07) is 12.4. The van der Waals surface area contributed by atoms with Crippen molar-refractivity contribution in [1.82, 2.24) is 9.97 Å². The van der Waals surface area contributed by atoms with Crippen molar-refractivity contribution in [1.29, 1.82) is 0 Å². The number of fused-ring (bicyclic) bond motifs is 1. The smallest absolute Gasteiger partial charge is 0.259 e. The molecule has 0 spiro atoms. The second-order valence-electron chi connectivity index (χ2n) is 6.90. The molecule has 9 heteroatoms. The number of benzene rings is 2. The number of hydrogen-bond acceptors (Lipinski definition) is 6. The number of nitrogens with two attached hydrogens (primary N) is 1. The minimum atomic E-state index is -1.66. The van der Waals surface area contributed by atoms with Crippen molar-refractivity contribution in [3.8, 4) is 0 Å². The number of aromatic nitrogens is 2. The van der Waals surface area contributed by atoms with E-state index in [0.29, 0.717) is 23.4 Å². The van der Waals surface area contributed by atoms with E-state index in [-0.39, 0.29) is 12.6 Å². The van der Waals surface area contributed by atoms with Gasteiger partial charge in [-0.3, -0.25) is 9.59 Å². The zero-order chi connectivity index (χ0) is 20.5. The lowest BCUT2D eigenvalue weighted by Crippen LogP contribution is -2.55. The standard InChI is InChI=1S/C20H21N5O4/c1-11-2-5-13(6-3-11)25-8-9-29-17(19(25)28)16(26)18(27)22-12-4-7-14-15(10-12)24-20(21)23-14/h2-7,10,16-17,26H,8-9H2,1H3,(H,22,27)(H3,21,23,24). The van der Waals surface area contributed by atoms with Crippen molar-refractivity contribution in [3.63, 3.8) is 0 Å². The number of aliphatic hydroxyl groups excluding tert-OH is 1. The van der Waals surface area contributed by atoms with Gasteiger partial charge in [-0.15, -0.1) is 0 Å². The SMILES string of the molecule is Cc1ccc(N2CCOC(C(O)C(=O)Nc3ccc4[nH]c(N)nc4c3)C2=O)cc1. The number of aliphatic hydroxyl groups is 1. The Morgan fingerprint density at radius 3 is 2.86 bits per heavy atom. The number of morpholine rings is 1. The third-order valence-corrected chi connectivity index (χ3v) is 4.79. The van der Waals surface area contributed by atoms with E-state index in [2.05, 4.69) is 15.3 Å². The van der Waals surface area contributed by atoms with Gasteiger partial charge in [0, 0.05) is 17.9 Å². The molecule has 1 aliphatic heterocycles. The summed E-state index contributed by atoms with van der Waals surface area (Å²) in [5.74, 6) is -0.934. The molecular weight excluding hydrogens is 374 g/mol. The molecule has 150 valence electrons. The first-order valence-corrected chi connectivity index (χ1v) is 9.16. The van der Waals surface area contributed by atoms with E-state index in [1.807, 2.05) is 31.2 Å². The van der Waals surface area contributed by atoms with Crippen molar-refractivity contribution in [3.05, 3.63) is 48.0 Å². The summed E-state index contributed by atoms with van der Waals surface area (Å²) in [6.07, 6.45) is -2.94. The first-order chi connectivity index (χ1) is 13.9. The maximum absolute atomic E-state index is 12.8. The number of nitrogens with one attached hydrogen (secondary N) is 2. The molecule has 0 bridgehead atoms. The molecule has 2 heterocycles. The molecule has 1 aliphatic rings. The lowest BCUT2D eigenvalue weighted by atomic mass is 10.1. The van der Waals surface area contributed by atoms with Gasteiger partial charge in [0.05, 0.1) is 17.6 Å². The van der Waals surface area contributed by atoms with E-state index < -0.39 is 24.0 Å². The first-order valence-electron chi connectivity index (χ1n) is 9.16. The van der Waals surface area contributed by atoms with Gasteiger partial charge in [-0.2, -0.15) is 0 Å². The maximum Gasteiger partial charge on any atom is 0.259 e. The number of rotatable bonds is 4. The largest absolute Gasteiger partial charge is 0.380 e. The molecule has 0 saturated carbocycles. The predicted molar refractivity (Wildman–Crippen MR) is 108 cm³/mol. The molecule has 4 rings (SSSR count). The minimum Gasteiger partial charge on any atom is -0.380 e. The van der Waals surface area contributed by atoms with Crippen LogP contribution in [0.1, 0.15) is 5.56 Å². The second kappa shape index (κ2) is 7.53. The van der Waals surface area contributed by atoms with Crippen LogP contribution in [0.5, 0.6) is 0 Å². The van der Waals surface area contributed by atoms with E-state index in [9.17, 15) is 14.7 Å². The Bertz CT molecular complexity index is 1060. The highest BCUT2D eigenvalue weighted by molar-refractivity contribution is 6.04. The van der Waals surface area contributed by atoms with Gasteiger partial charge in [0.15, 0.2) is 18.2 Å². The van der Waals surface area contributed by atoms with E-state index in [1.54, 1.807) is 18.2 Å². The number of amides is 2. The fourth-order valence-corrected chi connectivity index (χ4v) is 3.27. The molecule has 0 aliphatic carbocycles. The molecular formula is C20H21N5O4. The Morgan fingerprint density at radius 1 is 1.34 bits per heavy atom. The number of anilines is 3. The van der Waals surface area contributed by atoms with Crippen LogP contribution in [-0.4, -0.2) is 52.2 Å². The Morgan fingerprint density at radius 2 is 2.10 bits per heavy atom. The summed E-state index contributed by atoms with van der Waals surface area (Å²) < 4.78 is 5.42. The third kappa shape index (κ3) is 3.78. The van der Waals surface area contributed by atoms with Gasteiger partial charge < -0.3 is 30.8 Å². The number of H-pyrrole nitrogens is 1. The summed E-state index contributed by atoms with van der Waals surface area (Å²) in [4.78, 5) is 33.8. The van der Waals surface area contributed by atoms with E-state index in [4.69, 9.17) is 10.5 Å². The van der Waals surface area contributed by atoms with Gasteiger partial charge in [0.1, 0.15) is 0 Å². The fraction of sp³-hybridized carbons (Fsp3) is 0.250. The Labute approximate surface area is 166 Å². The van der Waals surface area contributed by atoms with Crippen molar-refractivity contribution in [2.45, 2.75) is 19.1 Å². The van der Waals surface area contributed by atoms with E-state index in [0.717, 1.165) is 11.1 Å². The van der Waals surface area contributed by atoms with Gasteiger partial charge in [-0.1, -0.05) is 17.7 Å². The number of nitrogens with zero attached hydrogens (tertiary/aromatic N) is 2. The third-order valence-electron chi connectivity index (χ3n) is 4.79. The number of imidazole rings is 1. The highest BCUT2D eigenvalue weighted by Crippen LogP contribution is 2.22. The monoisotopic (exact) mass is 395 g/mol. The molecule has 1 saturated heterocycles. The summed E-state index contributed by atoms with van der Waals surface area (Å²) >= 11 is 0. The molecule has 0 radical (unpaired) electrons. The quantitative estimate of drug-likeness (QED) is 0.524. The Kier molecular flexibility index (Phi) is 4.91. The molecule has 3 aromatic rings. The van der Waals surface area contributed by atoms with Gasteiger partial charge >= 0.3 is 0 Å². The van der Waals surface area contributed by atoms with Crippen molar-refractivity contribution in [2.24, 2.45) is 0 Å². The van der Waals surface area contributed by atoms with Crippen LogP contribution in [0, 0.1) is 6.92 Å². The topological polar surface area (TPSA) is 134 Å². The highest BCUT2D eigenvalue weighted by Gasteiger charge is 2.39. The van der Waals surface area contributed by atoms with Crippen LogP contribution in [0.25, 0.3) is 11.0 Å². The van der Waals surface area contributed by atoms with E-state index in [1.165, 1.54) is 4.90 Å². The molecule has 9 nitrogen and oxygen atoms in total.